The molecular formula is C10H11BrF2O. The lowest BCUT2D eigenvalue weighted by molar-refractivity contribution is 0.272. The summed E-state index contributed by atoms with van der Waals surface area (Å²) in [5.74, 6) is -1.04. The monoisotopic (exact) mass is 264 g/mol. The molecule has 1 atom stereocenters. The lowest BCUT2D eigenvalue weighted by atomic mass is 10.2. The molecule has 0 aliphatic rings. The van der Waals surface area contributed by atoms with Crippen molar-refractivity contribution < 1.29 is 13.5 Å². The van der Waals surface area contributed by atoms with Gasteiger partial charge in [0.05, 0.1) is 6.61 Å². The van der Waals surface area contributed by atoms with E-state index < -0.39 is 11.6 Å². The molecule has 1 aromatic carbocycles. The molecule has 0 saturated carbocycles. The van der Waals surface area contributed by atoms with E-state index in [-0.39, 0.29) is 0 Å². The number of hydrogen-bond donors (Lipinski definition) is 0. The fourth-order valence-electron chi connectivity index (χ4n) is 0.850. The quantitative estimate of drug-likeness (QED) is 0.758. The summed E-state index contributed by atoms with van der Waals surface area (Å²) >= 11 is 3.30. The minimum Gasteiger partial charge on any atom is -0.493 e. The highest BCUT2D eigenvalue weighted by molar-refractivity contribution is 9.09. The van der Waals surface area contributed by atoms with Crippen LogP contribution in [-0.4, -0.2) is 11.9 Å². The number of hydrogen-bond acceptors (Lipinski definition) is 1. The molecule has 1 rings (SSSR count). The van der Waals surface area contributed by atoms with Crippen molar-refractivity contribution in [2.24, 2.45) is 5.92 Å². The summed E-state index contributed by atoms with van der Waals surface area (Å²) in [7, 11) is 0. The summed E-state index contributed by atoms with van der Waals surface area (Å²) in [6.45, 7) is 2.48. The van der Waals surface area contributed by atoms with Crippen LogP contribution in [0.1, 0.15) is 6.92 Å². The van der Waals surface area contributed by atoms with Crippen LogP contribution in [-0.2, 0) is 0 Å². The van der Waals surface area contributed by atoms with Gasteiger partial charge in [-0.25, -0.2) is 8.78 Å². The lowest BCUT2D eigenvalue weighted by Gasteiger charge is -2.10. The van der Waals surface area contributed by atoms with E-state index in [2.05, 4.69) is 15.9 Å². The van der Waals surface area contributed by atoms with Crippen molar-refractivity contribution in [2.45, 2.75) is 6.92 Å². The Morgan fingerprint density at radius 2 is 2.07 bits per heavy atom. The Morgan fingerprint density at radius 1 is 1.36 bits per heavy atom. The molecule has 0 radical (unpaired) electrons. The van der Waals surface area contributed by atoms with Crippen LogP contribution in [0.5, 0.6) is 5.75 Å². The molecule has 14 heavy (non-hydrogen) atoms. The topological polar surface area (TPSA) is 9.23 Å². The van der Waals surface area contributed by atoms with Gasteiger partial charge in [-0.2, -0.15) is 0 Å². The van der Waals surface area contributed by atoms with E-state index in [0.717, 1.165) is 17.5 Å². The predicted molar refractivity (Wildman–Crippen MR) is 54.8 cm³/mol. The molecule has 0 amide bonds. The average molecular weight is 265 g/mol. The standard InChI is InChI=1S/C10H11BrF2O/c1-7(5-11)6-14-8-2-3-9(12)10(13)4-8/h2-4,7H,5-6H2,1H3. The minimum absolute atomic E-state index is 0.336. The molecule has 0 saturated heterocycles. The molecule has 0 aliphatic carbocycles. The zero-order valence-electron chi connectivity index (χ0n) is 7.77. The largest absolute Gasteiger partial charge is 0.493 e. The lowest BCUT2D eigenvalue weighted by Crippen LogP contribution is -2.09. The molecular weight excluding hydrogens is 254 g/mol. The van der Waals surface area contributed by atoms with E-state index in [1.165, 1.54) is 6.07 Å². The summed E-state index contributed by atoms with van der Waals surface area (Å²) in [5, 5.41) is 0.816. The number of halogens is 3. The van der Waals surface area contributed by atoms with E-state index in [1.54, 1.807) is 0 Å². The fourth-order valence-corrected chi connectivity index (χ4v) is 1.04. The van der Waals surface area contributed by atoms with Crippen LogP contribution in [0.4, 0.5) is 8.78 Å². The third-order valence-electron chi connectivity index (χ3n) is 1.69. The highest BCUT2D eigenvalue weighted by atomic mass is 79.9. The third kappa shape index (κ3) is 3.25. The van der Waals surface area contributed by atoms with Gasteiger partial charge < -0.3 is 4.74 Å². The average Bonchev–Trinajstić information content (AvgIpc) is 2.19. The maximum atomic E-state index is 12.7. The molecule has 0 N–H and O–H groups in total. The van der Waals surface area contributed by atoms with Gasteiger partial charge in [-0.15, -0.1) is 0 Å². The SMILES string of the molecule is CC(CBr)COc1ccc(F)c(F)c1. The Labute approximate surface area is 90.2 Å². The smallest absolute Gasteiger partial charge is 0.162 e. The van der Waals surface area contributed by atoms with E-state index in [4.69, 9.17) is 4.74 Å². The van der Waals surface area contributed by atoms with Gasteiger partial charge in [0, 0.05) is 11.4 Å². The van der Waals surface area contributed by atoms with Crippen molar-refractivity contribution in [3.8, 4) is 5.75 Å². The van der Waals surface area contributed by atoms with Gasteiger partial charge in [-0.3, -0.25) is 0 Å². The van der Waals surface area contributed by atoms with Crippen molar-refractivity contribution in [3.05, 3.63) is 29.8 Å². The second-order valence-electron chi connectivity index (χ2n) is 3.15. The van der Waals surface area contributed by atoms with Crippen LogP contribution < -0.4 is 4.74 Å². The summed E-state index contributed by atoms with van der Waals surface area (Å²) in [6, 6.07) is 3.53. The summed E-state index contributed by atoms with van der Waals surface area (Å²) in [4.78, 5) is 0. The summed E-state index contributed by atoms with van der Waals surface area (Å²) < 4.78 is 30.5. The van der Waals surface area contributed by atoms with E-state index in [1.807, 2.05) is 6.92 Å². The number of ether oxygens (including phenoxy) is 1. The van der Waals surface area contributed by atoms with Crippen molar-refractivity contribution in [2.75, 3.05) is 11.9 Å². The van der Waals surface area contributed by atoms with Gasteiger partial charge >= 0.3 is 0 Å². The molecule has 0 aromatic heterocycles. The Bertz CT molecular complexity index is 304. The summed E-state index contributed by atoms with van der Waals surface area (Å²) in [5.41, 5.74) is 0. The zero-order valence-corrected chi connectivity index (χ0v) is 9.35. The van der Waals surface area contributed by atoms with Gasteiger partial charge in [-0.1, -0.05) is 22.9 Å². The first-order chi connectivity index (χ1) is 6.63. The van der Waals surface area contributed by atoms with Crippen LogP contribution in [0.2, 0.25) is 0 Å². The maximum Gasteiger partial charge on any atom is 0.162 e. The van der Waals surface area contributed by atoms with Crippen molar-refractivity contribution in [1.82, 2.24) is 0 Å². The Kier molecular flexibility index (Phi) is 4.32. The fraction of sp³-hybridized carbons (Fsp3) is 0.400. The number of rotatable bonds is 4. The Morgan fingerprint density at radius 3 is 2.64 bits per heavy atom. The van der Waals surface area contributed by atoms with Gasteiger partial charge in [0.25, 0.3) is 0 Å². The van der Waals surface area contributed by atoms with Crippen LogP contribution in [0.25, 0.3) is 0 Å². The molecule has 1 nitrogen and oxygen atoms in total. The molecule has 1 unspecified atom stereocenters. The first-order valence-electron chi connectivity index (χ1n) is 4.27. The molecule has 1 aromatic rings. The molecule has 0 heterocycles. The summed E-state index contributed by atoms with van der Waals surface area (Å²) in [6.07, 6.45) is 0. The molecule has 0 bridgehead atoms. The van der Waals surface area contributed by atoms with Gasteiger partial charge in [0.2, 0.25) is 0 Å². The Balaban J connectivity index is 2.55. The highest BCUT2D eigenvalue weighted by Gasteiger charge is 2.05. The van der Waals surface area contributed by atoms with Crippen LogP contribution in [0, 0.1) is 17.6 Å². The molecule has 0 fully saturated rings. The van der Waals surface area contributed by atoms with Crippen molar-refractivity contribution in [1.29, 1.82) is 0 Å². The van der Waals surface area contributed by atoms with Gasteiger partial charge in [0.15, 0.2) is 11.6 Å². The second kappa shape index (κ2) is 5.29. The van der Waals surface area contributed by atoms with Crippen LogP contribution in [0.15, 0.2) is 18.2 Å². The highest BCUT2D eigenvalue weighted by Crippen LogP contribution is 2.16. The zero-order chi connectivity index (χ0) is 10.6. The van der Waals surface area contributed by atoms with Crippen LogP contribution in [0.3, 0.4) is 0 Å². The van der Waals surface area contributed by atoms with Gasteiger partial charge in [-0.05, 0) is 18.1 Å². The Hall–Kier alpha value is -0.640. The molecule has 0 aliphatic heterocycles. The molecule has 0 spiro atoms. The van der Waals surface area contributed by atoms with Crippen molar-refractivity contribution >= 4 is 15.9 Å². The number of benzene rings is 1. The van der Waals surface area contributed by atoms with E-state index in [0.29, 0.717) is 18.3 Å². The number of alkyl halides is 1. The minimum atomic E-state index is -0.881. The second-order valence-corrected chi connectivity index (χ2v) is 3.79. The third-order valence-corrected chi connectivity index (χ3v) is 2.79. The van der Waals surface area contributed by atoms with Gasteiger partial charge in [0.1, 0.15) is 5.75 Å². The van der Waals surface area contributed by atoms with Crippen LogP contribution >= 0.6 is 15.9 Å². The van der Waals surface area contributed by atoms with Crippen molar-refractivity contribution in [3.63, 3.8) is 0 Å². The maximum absolute atomic E-state index is 12.7. The first kappa shape index (κ1) is 11.4. The van der Waals surface area contributed by atoms with E-state index >= 15 is 0 Å². The predicted octanol–water partition coefficient (Wildman–Crippen LogP) is 3.37. The normalized spacial score (nSPS) is 12.6. The molecule has 4 heteroatoms. The first-order valence-corrected chi connectivity index (χ1v) is 5.39. The van der Waals surface area contributed by atoms with E-state index in [9.17, 15) is 8.78 Å². The molecule has 78 valence electrons.